The molecule has 6 nitrogen and oxygen atoms in total. The van der Waals surface area contributed by atoms with Crippen molar-refractivity contribution in [2.45, 2.75) is 6.61 Å². The van der Waals surface area contributed by atoms with E-state index >= 15 is 0 Å². The third-order valence-corrected chi connectivity index (χ3v) is 5.31. The summed E-state index contributed by atoms with van der Waals surface area (Å²) in [5.74, 6) is 0.278. The van der Waals surface area contributed by atoms with Gasteiger partial charge in [0.2, 0.25) is 0 Å². The lowest BCUT2D eigenvalue weighted by Crippen LogP contribution is -2.36. The Balaban J connectivity index is 1.35. The Bertz CT molecular complexity index is 1130. The molecule has 3 aromatic rings. The van der Waals surface area contributed by atoms with E-state index in [1.807, 2.05) is 84.9 Å². The van der Waals surface area contributed by atoms with Gasteiger partial charge in [0.05, 0.1) is 13.2 Å². The highest BCUT2D eigenvalue weighted by molar-refractivity contribution is 6.09. The van der Waals surface area contributed by atoms with Gasteiger partial charge in [-0.1, -0.05) is 42.5 Å². The number of carbonyl (C=O) groups excluding carboxylic acids is 1. The average Bonchev–Trinajstić information content (AvgIpc) is 2.88. The molecule has 0 bridgehead atoms. The molecule has 0 aromatic heterocycles. The Hall–Kier alpha value is -4.08. The maximum atomic E-state index is 12.6. The lowest BCUT2D eigenvalue weighted by atomic mass is 10.1. The van der Waals surface area contributed by atoms with Crippen LogP contribution >= 0.6 is 0 Å². The molecule has 1 fully saturated rings. The molecular formula is C27H25N3O3. The van der Waals surface area contributed by atoms with Crippen molar-refractivity contribution in [1.29, 1.82) is 5.26 Å². The van der Waals surface area contributed by atoms with E-state index in [1.165, 1.54) is 0 Å². The summed E-state index contributed by atoms with van der Waals surface area (Å²) in [6.07, 6.45) is 1.57. The molecule has 3 aromatic carbocycles. The van der Waals surface area contributed by atoms with Crippen molar-refractivity contribution in [2.24, 2.45) is 0 Å². The third-order valence-electron chi connectivity index (χ3n) is 5.31. The molecule has 1 saturated heterocycles. The number of nitrogens with zero attached hydrogens (tertiary/aromatic N) is 2. The van der Waals surface area contributed by atoms with Crippen LogP contribution in [0.5, 0.6) is 5.75 Å². The van der Waals surface area contributed by atoms with Crippen LogP contribution in [0.1, 0.15) is 11.1 Å². The van der Waals surface area contributed by atoms with Crippen molar-refractivity contribution in [1.82, 2.24) is 0 Å². The number of nitrogens with one attached hydrogen (secondary N) is 1. The Morgan fingerprint density at radius 2 is 1.70 bits per heavy atom. The minimum Gasteiger partial charge on any atom is -0.489 e. The van der Waals surface area contributed by atoms with Crippen molar-refractivity contribution in [2.75, 3.05) is 36.5 Å². The summed E-state index contributed by atoms with van der Waals surface area (Å²) < 4.78 is 11.2. The Morgan fingerprint density at radius 3 is 2.36 bits per heavy atom. The molecule has 0 saturated carbocycles. The van der Waals surface area contributed by atoms with Gasteiger partial charge >= 0.3 is 0 Å². The van der Waals surface area contributed by atoms with Gasteiger partial charge in [-0.3, -0.25) is 4.79 Å². The number of rotatable bonds is 7. The van der Waals surface area contributed by atoms with Crippen LogP contribution < -0.4 is 15.0 Å². The number of ether oxygens (including phenoxy) is 2. The van der Waals surface area contributed by atoms with Crippen LogP contribution in [-0.2, 0) is 16.1 Å². The van der Waals surface area contributed by atoms with Gasteiger partial charge in [-0.2, -0.15) is 5.26 Å². The van der Waals surface area contributed by atoms with Crippen molar-refractivity contribution >= 4 is 23.4 Å². The SMILES string of the molecule is N#C/C(=C\c1ccc(OCc2ccccc2)cc1)C(=O)Nc1ccc(N2CCOCC2)cc1. The number of hydrogen-bond acceptors (Lipinski definition) is 5. The zero-order valence-electron chi connectivity index (χ0n) is 18.2. The highest BCUT2D eigenvalue weighted by Gasteiger charge is 2.13. The second kappa shape index (κ2) is 11.0. The van der Waals surface area contributed by atoms with Gasteiger partial charge in [-0.25, -0.2) is 0 Å². The van der Waals surface area contributed by atoms with E-state index in [2.05, 4.69) is 10.2 Å². The van der Waals surface area contributed by atoms with E-state index in [0.29, 0.717) is 12.3 Å². The van der Waals surface area contributed by atoms with E-state index in [4.69, 9.17) is 9.47 Å². The average molecular weight is 440 g/mol. The molecule has 1 aliphatic rings. The predicted octanol–water partition coefficient (Wildman–Crippen LogP) is 4.65. The predicted molar refractivity (Wildman–Crippen MR) is 129 cm³/mol. The van der Waals surface area contributed by atoms with E-state index < -0.39 is 5.91 Å². The van der Waals surface area contributed by atoms with E-state index in [0.717, 1.165) is 48.9 Å². The number of carbonyl (C=O) groups is 1. The van der Waals surface area contributed by atoms with Crippen LogP contribution in [-0.4, -0.2) is 32.2 Å². The van der Waals surface area contributed by atoms with Gasteiger partial charge in [0.15, 0.2) is 0 Å². The second-order valence-corrected chi connectivity index (χ2v) is 7.61. The lowest BCUT2D eigenvalue weighted by Gasteiger charge is -2.28. The minimum atomic E-state index is -0.443. The highest BCUT2D eigenvalue weighted by atomic mass is 16.5. The first-order chi connectivity index (χ1) is 16.2. The topological polar surface area (TPSA) is 74.6 Å². The van der Waals surface area contributed by atoms with Gasteiger partial charge in [-0.15, -0.1) is 0 Å². The van der Waals surface area contributed by atoms with Crippen molar-refractivity contribution < 1.29 is 14.3 Å². The van der Waals surface area contributed by atoms with Crippen LogP contribution in [0.2, 0.25) is 0 Å². The zero-order chi connectivity index (χ0) is 22.9. The monoisotopic (exact) mass is 439 g/mol. The molecule has 0 aliphatic carbocycles. The number of amides is 1. The van der Waals surface area contributed by atoms with E-state index in [1.54, 1.807) is 6.08 Å². The number of morpholine rings is 1. The van der Waals surface area contributed by atoms with E-state index in [9.17, 15) is 10.1 Å². The van der Waals surface area contributed by atoms with Crippen LogP contribution in [0.3, 0.4) is 0 Å². The molecule has 1 heterocycles. The fourth-order valence-electron chi connectivity index (χ4n) is 3.49. The van der Waals surface area contributed by atoms with Crippen molar-refractivity contribution in [3.63, 3.8) is 0 Å². The summed E-state index contributed by atoms with van der Waals surface area (Å²) in [6.45, 7) is 3.61. The molecule has 0 unspecified atom stereocenters. The normalized spacial score (nSPS) is 13.8. The van der Waals surface area contributed by atoms with Gasteiger partial charge in [0, 0.05) is 24.5 Å². The number of nitriles is 1. The van der Waals surface area contributed by atoms with Crippen molar-refractivity contribution in [3.8, 4) is 11.8 Å². The first kappa shape index (κ1) is 22.1. The summed E-state index contributed by atoms with van der Waals surface area (Å²) in [5, 5.41) is 12.3. The Labute approximate surface area is 193 Å². The van der Waals surface area contributed by atoms with Gasteiger partial charge in [0.1, 0.15) is 24.0 Å². The summed E-state index contributed by atoms with van der Waals surface area (Å²) in [7, 11) is 0. The molecular weight excluding hydrogens is 414 g/mol. The summed E-state index contributed by atoms with van der Waals surface area (Å²) in [4.78, 5) is 14.8. The van der Waals surface area contributed by atoms with E-state index in [-0.39, 0.29) is 5.57 Å². The molecule has 166 valence electrons. The molecule has 0 atom stereocenters. The van der Waals surface area contributed by atoms with Crippen molar-refractivity contribution in [3.05, 3.63) is 95.6 Å². The first-order valence-electron chi connectivity index (χ1n) is 10.8. The van der Waals surface area contributed by atoms with Crippen LogP contribution in [0.15, 0.2) is 84.4 Å². The molecule has 4 rings (SSSR count). The molecule has 1 N–H and O–H groups in total. The number of anilines is 2. The summed E-state index contributed by atoms with van der Waals surface area (Å²) in [6, 6.07) is 26.8. The smallest absolute Gasteiger partial charge is 0.266 e. The maximum Gasteiger partial charge on any atom is 0.266 e. The molecule has 33 heavy (non-hydrogen) atoms. The highest BCUT2D eigenvalue weighted by Crippen LogP contribution is 2.20. The molecule has 0 spiro atoms. The Kier molecular flexibility index (Phi) is 7.36. The summed E-state index contributed by atoms with van der Waals surface area (Å²) in [5.41, 5.74) is 3.59. The summed E-state index contributed by atoms with van der Waals surface area (Å²) >= 11 is 0. The van der Waals surface area contributed by atoms with Crippen LogP contribution in [0, 0.1) is 11.3 Å². The van der Waals surface area contributed by atoms with Gasteiger partial charge < -0.3 is 19.7 Å². The quantitative estimate of drug-likeness (QED) is 0.429. The fraction of sp³-hybridized carbons (Fsp3) is 0.185. The maximum absolute atomic E-state index is 12.6. The molecule has 0 radical (unpaired) electrons. The third kappa shape index (κ3) is 6.22. The standard InChI is InChI=1S/C27H25N3O3/c28-19-23(18-21-6-12-26(13-7-21)33-20-22-4-2-1-3-5-22)27(31)29-24-8-10-25(11-9-24)30-14-16-32-17-15-30/h1-13,18H,14-17,20H2,(H,29,31)/b23-18+. The minimum absolute atomic E-state index is 0.0326. The second-order valence-electron chi connectivity index (χ2n) is 7.61. The molecule has 1 amide bonds. The fourth-order valence-corrected chi connectivity index (χ4v) is 3.49. The largest absolute Gasteiger partial charge is 0.489 e. The molecule has 1 aliphatic heterocycles. The van der Waals surface area contributed by atoms with Crippen LogP contribution in [0.4, 0.5) is 11.4 Å². The van der Waals surface area contributed by atoms with Gasteiger partial charge in [-0.05, 0) is 53.6 Å². The molecule has 6 heteroatoms. The number of hydrogen-bond donors (Lipinski definition) is 1. The lowest BCUT2D eigenvalue weighted by molar-refractivity contribution is -0.112. The Morgan fingerprint density at radius 1 is 1.00 bits per heavy atom. The van der Waals surface area contributed by atoms with Gasteiger partial charge in [0.25, 0.3) is 5.91 Å². The first-order valence-corrected chi connectivity index (χ1v) is 10.8. The van der Waals surface area contributed by atoms with Crippen LogP contribution in [0.25, 0.3) is 6.08 Å². The zero-order valence-corrected chi connectivity index (χ0v) is 18.2. The number of benzene rings is 3.